The van der Waals surface area contributed by atoms with Crippen LogP contribution in [0, 0.1) is 0 Å². The lowest BCUT2D eigenvalue weighted by molar-refractivity contribution is 0.0719. The van der Waals surface area contributed by atoms with E-state index in [4.69, 9.17) is 11.6 Å². The van der Waals surface area contributed by atoms with Gasteiger partial charge in [0.1, 0.15) is 4.90 Å². The van der Waals surface area contributed by atoms with Crippen molar-refractivity contribution in [3.8, 4) is 0 Å². The first-order chi connectivity index (χ1) is 18.3. The molecule has 2 heterocycles. The van der Waals surface area contributed by atoms with Gasteiger partial charge in [-0.05, 0) is 67.1 Å². The number of nitrogens with one attached hydrogen (secondary N) is 1. The standard InChI is InChI=1S/C28H25ClN4O4S/c29-23-11-7-21(8-12-23)27(34)32-16-3-17-33(19-18-32)28(35)22-9-13-24(14-10-22)31-38(36,37)25-6-1-4-20-5-2-15-30-26(20)25/h1-2,4-15,31H,3,16-19H2. The number of aromatic nitrogens is 1. The molecule has 3 aromatic carbocycles. The number of fused-ring (bicyclic) bond motifs is 1. The Balaban J connectivity index is 1.24. The normalized spacial score (nSPS) is 14.2. The van der Waals surface area contributed by atoms with Crippen LogP contribution in [0.5, 0.6) is 0 Å². The predicted molar refractivity (Wildman–Crippen MR) is 147 cm³/mol. The third kappa shape index (κ3) is 5.49. The van der Waals surface area contributed by atoms with E-state index in [1.54, 1.807) is 88.8 Å². The lowest BCUT2D eigenvalue weighted by atomic mass is 10.2. The maximum atomic E-state index is 13.2. The van der Waals surface area contributed by atoms with E-state index in [0.29, 0.717) is 60.0 Å². The van der Waals surface area contributed by atoms with Gasteiger partial charge in [0, 0.05) is 59.6 Å². The molecule has 1 aliphatic rings. The van der Waals surface area contributed by atoms with E-state index < -0.39 is 10.0 Å². The van der Waals surface area contributed by atoms with Crippen molar-refractivity contribution in [1.29, 1.82) is 0 Å². The van der Waals surface area contributed by atoms with Crippen molar-refractivity contribution in [1.82, 2.24) is 14.8 Å². The van der Waals surface area contributed by atoms with Gasteiger partial charge in [0.15, 0.2) is 0 Å². The minimum Gasteiger partial charge on any atom is -0.337 e. The number of amides is 2. The molecular formula is C28H25ClN4O4S. The highest BCUT2D eigenvalue weighted by Crippen LogP contribution is 2.24. The third-order valence-corrected chi connectivity index (χ3v) is 8.10. The Morgan fingerprint density at radius 1 is 0.763 bits per heavy atom. The zero-order valence-corrected chi connectivity index (χ0v) is 22.0. The Morgan fingerprint density at radius 2 is 1.34 bits per heavy atom. The second-order valence-corrected chi connectivity index (χ2v) is 11.0. The summed E-state index contributed by atoms with van der Waals surface area (Å²) in [5, 5.41) is 1.29. The molecular weight excluding hydrogens is 524 g/mol. The fraction of sp³-hybridized carbons (Fsp3) is 0.179. The number of hydrogen-bond acceptors (Lipinski definition) is 5. The average Bonchev–Trinajstić information content (AvgIpc) is 3.19. The molecule has 1 fully saturated rings. The molecule has 2 amide bonds. The van der Waals surface area contributed by atoms with Gasteiger partial charge in [0.05, 0.1) is 5.52 Å². The van der Waals surface area contributed by atoms with E-state index in [2.05, 4.69) is 9.71 Å². The van der Waals surface area contributed by atoms with Crippen molar-refractivity contribution in [2.24, 2.45) is 0 Å². The average molecular weight is 549 g/mol. The molecule has 5 rings (SSSR count). The minimum absolute atomic E-state index is 0.0815. The van der Waals surface area contributed by atoms with E-state index in [1.807, 2.05) is 0 Å². The van der Waals surface area contributed by atoms with E-state index in [1.165, 1.54) is 6.07 Å². The number of carbonyl (C=O) groups is 2. The van der Waals surface area contributed by atoms with Crippen molar-refractivity contribution in [2.45, 2.75) is 11.3 Å². The molecule has 1 aromatic heterocycles. The van der Waals surface area contributed by atoms with Crippen LogP contribution < -0.4 is 4.72 Å². The number of rotatable bonds is 5. The van der Waals surface area contributed by atoms with E-state index in [9.17, 15) is 18.0 Å². The summed E-state index contributed by atoms with van der Waals surface area (Å²) in [5.74, 6) is -0.257. The van der Waals surface area contributed by atoms with Crippen molar-refractivity contribution >= 4 is 50.0 Å². The molecule has 0 unspecified atom stereocenters. The molecule has 0 aliphatic carbocycles. The summed E-state index contributed by atoms with van der Waals surface area (Å²) >= 11 is 5.93. The molecule has 10 heteroatoms. The van der Waals surface area contributed by atoms with Gasteiger partial charge >= 0.3 is 0 Å². The molecule has 1 saturated heterocycles. The van der Waals surface area contributed by atoms with Gasteiger partial charge < -0.3 is 9.80 Å². The number of pyridine rings is 1. The van der Waals surface area contributed by atoms with Gasteiger partial charge in [-0.3, -0.25) is 19.3 Å². The molecule has 0 bridgehead atoms. The predicted octanol–water partition coefficient (Wildman–Crippen LogP) is 4.68. The van der Waals surface area contributed by atoms with Crippen LogP contribution in [0.1, 0.15) is 27.1 Å². The highest BCUT2D eigenvalue weighted by Gasteiger charge is 2.24. The van der Waals surface area contributed by atoms with Gasteiger partial charge in [-0.15, -0.1) is 0 Å². The van der Waals surface area contributed by atoms with E-state index in [-0.39, 0.29) is 16.7 Å². The molecule has 0 saturated carbocycles. The number of anilines is 1. The minimum atomic E-state index is -3.89. The second kappa shape index (κ2) is 10.8. The van der Waals surface area contributed by atoms with Crippen LogP contribution in [0.4, 0.5) is 5.69 Å². The second-order valence-electron chi connectivity index (χ2n) is 8.96. The lowest BCUT2D eigenvalue weighted by Gasteiger charge is -2.22. The zero-order valence-electron chi connectivity index (χ0n) is 20.4. The summed E-state index contributed by atoms with van der Waals surface area (Å²) in [6.07, 6.45) is 2.21. The van der Waals surface area contributed by atoms with Crippen LogP contribution in [-0.4, -0.2) is 61.2 Å². The molecule has 0 atom stereocenters. The summed E-state index contributed by atoms with van der Waals surface area (Å²) in [4.78, 5) is 33.8. The quantitative estimate of drug-likeness (QED) is 0.390. The van der Waals surface area contributed by atoms with Crippen LogP contribution in [0.2, 0.25) is 5.02 Å². The molecule has 194 valence electrons. The first-order valence-corrected chi connectivity index (χ1v) is 14.0. The van der Waals surface area contributed by atoms with Crippen molar-refractivity contribution in [2.75, 3.05) is 30.9 Å². The molecule has 4 aromatic rings. The van der Waals surface area contributed by atoms with Gasteiger partial charge in [0.25, 0.3) is 21.8 Å². The van der Waals surface area contributed by atoms with Crippen LogP contribution in [-0.2, 0) is 10.0 Å². The number of halogens is 1. The van der Waals surface area contributed by atoms with Gasteiger partial charge in [-0.1, -0.05) is 29.8 Å². The molecule has 1 N–H and O–H groups in total. The van der Waals surface area contributed by atoms with Crippen LogP contribution in [0.25, 0.3) is 10.9 Å². The highest BCUT2D eigenvalue weighted by atomic mass is 35.5. The van der Waals surface area contributed by atoms with Crippen molar-refractivity contribution in [3.05, 3.63) is 101 Å². The molecule has 1 aliphatic heterocycles. The highest BCUT2D eigenvalue weighted by molar-refractivity contribution is 7.93. The molecule has 8 nitrogen and oxygen atoms in total. The number of benzene rings is 3. The van der Waals surface area contributed by atoms with E-state index >= 15 is 0 Å². The Hall–Kier alpha value is -3.95. The number of hydrogen-bond donors (Lipinski definition) is 1. The molecule has 38 heavy (non-hydrogen) atoms. The fourth-order valence-electron chi connectivity index (χ4n) is 4.47. The molecule has 0 radical (unpaired) electrons. The first-order valence-electron chi connectivity index (χ1n) is 12.1. The smallest absolute Gasteiger partial charge is 0.264 e. The third-order valence-electron chi connectivity index (χ3n) is 6.43. The summed E-state index contributed by atoms with van der Waals surface area (Å²) in [6, 6.07) is 21.6. The summed E-state index contributed by atoms with van der Waals surface area (Å²) < 4.78 is 28.7. The van der Waals surface area contributed by atoms with Crippen LogP contribution in [0.3, 0.4) is 0 Å². The lowest BCUT2D eigenvalue weighted by Crippen LogP contribution is -2.37. The number of sulfonamides is 1. The van der Waals surface area contributed by atoms with Crippen LogP contribution >= 0.6 is 11.6 Å². The number of para-hydroxylation sites is 1. The van der Waals surface area contributed by atoms with E-state index in [0.717, 1.165) is 5.39 Å². The Morgan fingerprint density at radius 3 is 1.97 bits per heavy atom. The maximum absolute atomic E-state index is 13.2. The number of carbonyl (C=O) groups excluding carboxylic acids is 2. The van der Waals surface area contributed by atoms with Crippen molar-refractivity contribution < 1.29 is 18.0 Å². The largest absolute Gasteiger partial charge is 0.337 e. The van der Waals surface area contributed by atoms with Gasteiger partial charge in [0.2, 0.25) is 0 Å². The summed E-state index contributed by atoms with van der Waals surface area (Å²) in [5.41, 5.74) is 1.73. The Bertz CT molecular complexity index is 1590. The summed E-state index contributed by atoms with van der Waals surface area (Å²) in [6.45, 7) is 1.89. The van der Waals surface area contributed by atoms with Crippen LogP contribution in [0.15, 0.2) is 90.0 Å². The zero-order chi connectivity index (χ0) is 26.7. The van der Waals surface area contributed by atoms with Gasteiger partial charge in [-0.25, -0.2) is 8.42 Å². The maximum Gasteiger partial charge on any atom is 0.264 e. The van der Waals surface area contributed by atoms with Crippen molar-refractivity contribution in [3.63, 3.8) is 0 Å². The van der Waals surface area contributed by atoms with Gasteiger partial charge in [-0.2, -0.15) is 0 Å². The Kier molecular flexibility index (Phi) is 7.31. The topological polar surface area (TPSA) is 99.7 Å². The Labute approximate surface area is 225 Å². The number of nitrogens with zero attached hydrogens (tertiary/aromatic N) is 3. The first kappa shape index (κ1) is 25.7. The SMILES string of the molecule is O=C(c1ccc(Cl)cc1)N1CCCN(C(=O)c2ccc(NS(=O)(=O)c3cccc4cccnc34)cc2)CC1. The summed E-state index contributed by atoms with van der Waals surface area (Å²) in [7, 11) is -3.89. The monoisotopic (exact) mass is 548 g/mol. The molecule has 0 spiro atoms. The fourth-order valence-corrected chi connectivity index (χ4v) is 5.83.